The summed E-state index contributed by atoms with van der Waals surface area (Å²) in [7, 11) is 3.49. The van der Waals surface area contributed by atoms with Gasteiger partial charge in [0.1, 0.15) is 0 Å². The number of benzene rings is 1. The average molecular weight is 274 g/mol. The van der Waals surface area contributed by atoms with Crippen LogP contribution < -0.4 is 0 Å². The number of carbonyl (C=O) groups excluding carboxylic acids is 2. The van der Waals surface area contributed by atoms with Crippen molar-refractivity contribution >= 4 is 11.8 Å². The van der Waals surface area contributed by atoms with Crippen molar-refractivity contribution in [3.63, 3.8) is 0 Å². The van der Waals surface area contributed by atoms with Crippen LogP contribution in [0.25, 0.3) is 0 Å². The molecule has 4 heteroatoms. The van der Waals surface area contributed by atoms with Gasteiger partial charge in [0, 0.05) is 27.1 Å². The van der Waals surface area contributed by atoms with Gasteiger partial charge in [0.2, 0.25) is 11.8 Å². The molecule has 20 heavy (non-hydrogen) atoms. The molecule has 0 spiro atoms. The van der Waals surface area contributed by atoms with E-state index in [1.807, 2.05) is 43.0 Å². The Balaban J connectivity index is 2.45. The van der Waals surface area contributed by atoms with Crippen molar-refractivity contribution in [3.8, 4) is 0 Å². The molecule has 2 atom stereocenters. The second-order valence-electron chi connectivity index (χ2n) is 5.52. The van der Waals surface area contributed by atoms with Gasteiger partial charge >= 0.3 is 0 Å². The van der Waals surface area contributed by atoms with Crippen molar-refractivity contribution in [2.45, 2.75) is 26.3 Å². The topological polar surface area (TPSA) is 40.6 Å². The Kier molecular flexibility index (Phi) is 4.12. The summed E-state index contributed by atoms with van der Waals surface area (Å²) < 4.78 is 0. The van der Waals surface area contributed by atoms with Gasteiger partial charge in [0.05, 0.1) is 12.0 Å². The maximum Gasteiger partial charge on any atom is 0.228 e. The van der Waals surface area contributed by atoms with Crippen molar-refractivity contribution < 1.29 is 9.59 Å². The number of rotatable bonds is 3. The fraction of sp³-hybridized carbons (Fsp3) is 0.500. The predicted octanol–water partition coefficient (Wildman–Crippen LogP) is 1.99. The summed E-state index contributed by atoms with van der Waals surface area (Å²) in [6.07, 6.45) is 0.309. The van der Waals surface area contributed by atoms with Crippen molar-refractivity contribution in [1.82, 2.24) is 9.80 Å². The monoisotopic (exact) mass is 274 g/mol. The van der Waals surface area contributed by atoms with Gasteiger partial charge in [-0.25, -0.2) is 0 Å². The minimum atomic E-state index is -0.279. The summed E-state index contributed by atoms with van der Waals surface area (Å²) >= 11 is 0. The molecule has 1 aromatic rings. The van der Waals surface area contributed by atoms with E-state index >= 15 is 0 Å². The minimum Gasteiger partial charge on any atom is -0.348 e. The SMILES string of the molecule is CCN1C(=O)C[C@@H](C(=O)N(C)C)[C@@H]1c1ccccc1C. The number of hydrogen-bond acceptors (Lipinski definition) is 2. The van der Waals surface area contributed by atoms with Crippen LogP contribution in [0.4, 0.5) is 0 Å². The molecular weight excluding hydrogens is 252 g/mol. The third-order valence-electron chi connectivity index (χ3n) is 4.04. The Morgan fingerprint density at radius 2 is 2.00 bits per heavy atom. The zero-order valence-electron chi connectivity index (χ0n) is 12.6. The van der Waals surface area contributed by atoms with Crippen molar-refractivity contribution in [2.24, 2.45) is 5.92 Å². The Morgan fingerprint density at radius 3 is 2.55 bits per heavy atom. The summed E-state index contributed by atoms with van der Waals surface area (Å²) in [5, 5.41) is 0. The van der Waals surface area contributed by atoms with Gasteiger partial charge < -0.3 is 9.80 Å². The number of aryl methyl sites for hydroxylation is 1. The van der Waals surface area contributed by atoms with E-state index in [4.69, 9.17) is 0 Å². The third kappa shape index (κ3) is 2.42. The molecule has 1 aliphatic heterocycles. The molecule has 1 aromatic carbocycles. The molecule has 1 saturated heterocycles. The van der Waals surface area contributed by atoms with E-state index in [1.54, 1.807) is 19.0 Å². The van der Waals surface area contributed by atoms with E-state index < -0.39 is 0 Å². The highest BCUT2D eigenvalue weighted by Crippen LogP contribution is 2.39. The summed E-state index contributed by atoms with van der Waals surface area (Å²) in [6.45, 7) is 4.63. The molecule has 4 nitrogen and oxygen atoms in total. The van der Waals surface area contributed by atoms with E-state index in [0.717, 1.165) is 11.1 Å². The van der Waals surface area contributed by atoms with Gasteiger partial charge in [0.25, 0.3) is 0 Å². The molecule has 2 amide bonds. The van der Waals surface area contributed by atoms with Gasteiger partial charge in [-0.3, -0.25) is 9.59 Å². The normalized spacial score (nSPS) is 22.2. The van der Waals surface area contributed by atoms with E-state index in [-0.39, 0.29) is 23.8 Å². The maximum atomic E-state index is 12.4. The third-order valence-corrected chi connectivity index (χ3v) is 4.04. The fourth-order valence-electron chi connectivity index (χ4n) is 3.02. The Labute approximate surface area is 120 Å². The molecular formula is C16H22N2O2. The maximum absolute atomic E-state index is 12.4. The van der Waals surface area contributed by atoms with Crippen molar-refractivity contribution in [3.05, 3.63) is 35.4 Å². The van der Waals surface area contributed by atoms with Crippen LogP contribution in [0, 0.1) is 12.8 Å². The molecule has 0 aromatic heterocycles. The molecule has 0 saturated carbocycles. The Bertz CT molecular complexity index is 525. The van der Waals surface area contributed by atoms with Crippen LogP contribution in [0.15, 0.2) is 24.3 Å². The van der Waals surface area contributed by atoms with Crippen molar-refractivity contribution in [2.75, 3.05) is 20.6 Å². The number of nitrogens with zero attached hydrogens (tertiary/aromatic N) is 2. The van der Waals surface area contributed by atoms with E-state index in [1.165, 1.54) is 0 Å². The van der Waals surface area contributed by atoms with Gasteiger partial charge in [-0.05, 0) is 25.0 Å². The second kappa shape index (κ2) is 5.65. The van der Waals surface area contributed by atoms with Crippen LogP contribution in [-0.4, -0.2) is 42.3 Å². The molecule has 0 N–H and O–H groups in total. The first-order valence-electron chi connectivity index (χ1n) is 7.03. The number of hydrogen-bond donors (Lipinski definition) is 0. The predicted molar refractivity (Wildman–Crippen MR) is 78.1 cm³/mol. The molecule has 0 radical (unpaired) electrons. The number of amides is 2. The Morgan fingerprint density at radius 1 is 1.35 bits per heavy atom. The number of likely N-dealkylation sites (tertiary alicyclic amines) is 1. The first-order valence-corrected chi connectivity index (χ1v) is 7.03. The first-order chi connectivity index (χ1) is 9.47. The van der Waals surface area contributed by atoms with Gasteiger partial charge in [-0.15, -0.1) is 0 Å². The van der Waals surface area contributed by atoms with E-state index in [9.17, 15) is 9.59 Å². The molecule has 0 bridgehead atoms. The van der Waals surface area contributed by atoms with Gasteiger partial charge in [-0.1, -0.05) is 24.3 Å². The molecule has 1 fully saturated rings. The fourth-order valence-corrected chi connectivity index (χ4v) is 3.02. The molecule has 0 aliphatic carbocycles. The first kappa shape index (κ1) is 14.6. The average Bonchev–Trinajstić information content (AvgIpc) is 2.74. The van der Waals surface area contributed by atoms with E-state index in [0.29, 0.717) is 13.0 Å². The molecule has 1 heterocycles. The lowest BCUT2D eigenvalue weighted by molar-refractivity contribution is -0.134. The summed E-state index contributed by atoms with van der Waals surface area (Å²) in [4.78, 5) is 28.0. The molecule has 108 valence electrons. The lowest BCUT2D eigenvalue weighted by atomic mass is 9.90. The van der Waals surface area contributed by atoms with Crippen LogP contribution in [0.5, 0.6) is 0 Å². The van der Waals surface area contributed by atoms with E-state index in [2.05, 4.69) is 0 Å². The quantitative estimate of drug-likeness (QED) is 0.846. The van der Waals surface area contributed by atoms with Crippen LogP contribution in [0.1, 0.15) is 30.5 Å². The lowest BCUT2D eigenvalue weighted by Crippen LogP contribution is -2.35. The standard InChI is InChI=1S/C16H22N2O2/c1-5-18-14(19)10-13(16(20)17(3)4)15(18)12-9-7-6-8-11(12)2/h6-9,13,15H,5,10H2,1-4H3/t13-,15+/m1/s1. The zero-order chi connectivity index (χ0) is 14.9. The van der Waals surface area contributed by atoms with Crippen molar-refractivity contribution in [1.29, 1.82) is 0 Å². The summed E-state index contributed by atoms with van der Waals surface area (Å²) in [5.41, 5.74) is 2.21. The highest BCUT2D eigenvalue weighted by atomic mass is 16.2. The lowest BCUT2D eigenvalue weighted by Gasteiger charge is -2.29. The molecule has 0 unspecified atom stereocenters. The smallest absolute Gasteiger partial charge is 0.228 e. The zero-order valence-corrected chi connectivity index (χ0v) is 12.6. The van der Waals surface area contributed by atoms with Crippen LogP contribution in [0.2, 0.25) is 0 Å². The van der Waals surface area contributed by atoms with Crippen LogP contribution >= 0.6 is 0 Å². The summed E-state index contributed by atoms with van der Waals surface area (Å²) in [6, 6.07) is 7.87. The van der Waals surface area contributed by atoms with Crippen LogP contribution in [-0.2, 0) is 9.59 Å². The second-order valence-corrected chi connectivity index (χ2v) is 5.52. The minimum absolute atomic E-state index is 0.0301. The molecule has 1 aliphatic rings. The number of carbonyl (C=O) groups is 2. The molecule has 2 rings (SSSR count). The van der Waals surface area contributed by atoms with Crippen LogP contribution in [0.3, 0.4) is 0 Å². The summed E-state index contributed by atoms with van der Waals surface area (Å²) in [5.74, 6) is -0.179. The van der Waals surface area contributed by atoms with Gasteiger partial charge in [0.15, 0.2) is 0 Å². The highest BCUT2D eigenvalue weighted by Gasteiger charge is 2.44. The largest absolute Gasteiger partial charge is 0.348 e. The highest BCUT2D eigenvalue weighted by molar-refractivity contribution is 5.90. The van der Waals surface area contributed by atoms with Gasteiger partial charge in [-0.2, -0.15) is 0 Å². The Hall–Kier alpha value is -1.84.